The molecule has 1 unspecified atom stereocenters. The van der Waals surface area contributed by atoms with Crippen molar-refractivity contribution in [2.24, 2.45) is 0 Å². The lowest BCUT2D eigenvalue weighted by Crippen LogP contribution is -2.47. The molecule has 1 aromatic heterocycles. The molecule has 164 valence electrons. The number of ether oxygens (including phenoxy) is 1. The number of hydrogen-bond acceptors (Lipinski definition) is 5. The van der Waals surface area contributed by atoms with Crippen LogP contribution in [0.1, 0.15) is 18.1 Å². The number of nitrogens with zero attached hydrogens (tertiary/aromatic N) is 1. The van der Waals surface area contributed by atoms with Crippen molar-refractivity contribution in [2.45, 2.75) is 19.4 Å². The van der Waals surface area contributed by atoms with E-state index in [4.69, 9.17) is 17.0 Å². The first-order valence-electron chi connectivity index (χ1n) is 10.2. The molecular weight excluding hydrogens is 442 g/mol. The molecule has 6 nitrogen and oxygen atoms in total. The molecule has 2 heterocycles. The molecule has 0 aliphatic carbocycles. The third-order valence-electron chi connectivity index (χ3n) is 5.38. The zero-order chi connectivity index (χ0) is 22.7. The van der Waals surface area contributed by atoms with Gasteiger partial charge in [-0.2, -0.15) is 0 Å². The van der Waals surface area contributed by atoms with E-state index >= 15 is 0 Å². The Bertz CT molecular complexity index is 1220. The lowest BCUT2D eigenvalue weighted by molar-refractivity contribution is -0.132. The van der Waals surface area contributed by atoms with Crippen LogP contribution >= 0.6 is 24.0 Å². The average Bonchev–Trinajstić information content (AvgIpc) is 3.33. The van der Waals surface area contributed by atoms with Crippen molar-refractivity contribution >= 4 is 57.1 Å². The second-order valence-corrected chi connectivity index (χ2v) is 9.05. The van der Waals surface area contributed by atoms with Gasteiger partial charge in [-0.15, -0.1) is 0 Å². The van der Waals surface area contributed by atoms with Crippen molar-refractivity contribution in [1.82, 2.24) is 15.2 Å². The number of aromatic nitrogens is 1. The maximum absolute atomic E-state index is 13.0. The van der Waals surface area contributed by atoms with Gasteiger partial charge in [-0.25, -0.2) is 0 Å². The summed E-state index contributed by atoms with van der Waals surface area (Å²) in [5.41, 5.74) is 2.99. The lowest BCUT2D eigenvalue weighted by atomic mass is 10.1. The Labute approximate surface area is 196 Å². The third kappa shape index (κ3) is 4.42. The number of para-hydroxylation sites is 2. The summed E-state index contributed by atoms with van der Waals surface area (Å²) in [5.74, 6) is 0.158. The monoisotopic (exact) mass is 465 g/mol. The number of amides is 2. The molecule has 0 radical (unpaired) electrons. The van der Waals surface area contributed by atoms with E-state index in [0.717, 1.165) is 22.0 Å². The highest BCUT2D eigenvalue weighted by atomic mass is 32.2. The predicted octanol–water partition coefficient (Wildman–Crippen LogP) is 4.13. The Hall–Kier alpha value is -3.10. The fraction of sp³-hybridized carbons (Fsp3) is 0.208. The van der Waals surface area contributed by atoms with E-state index < -0.39 is 6.04 Å². The van der Waals surface area contributed by atoms with Gasteiger partial charge in [0.05, 0.1) is 12.0 Å². The molecule has 2 aromatic carbocycles. The molecule has 1 aliphatic heterocycles. The van der Waals surface area contributed by atoms with E-state index in [1.54, 1.807) is 20.1 Å². The van der Waals surface area contributed by atoms with Crippen LogP contribution in [0, 0.1) is 0 Å². The van der Waals surface area contributed by atoms with Crippen molar-refractivity contribution < 1.29 is 14.3 Å². The topological polar surface area (TPSA) is 74.4 Å². The van der Waals surface area contributed by atoms with Crippen LogP contribution in [0.5, 0.6) is 5.75 Å². The molecule has 0 saturated carbocycles. The van der Waals surface area contributed by atoms with E-state index in [9.17, 15) is 9.59 Å². The first kappa shape index (κ1) is 22.1. The van der Waals surface area contributed by atoms with Gasteiger partial charge in [0.1, 0.15) is 16.1 Å². The number of thiocarbonyl (C=S) groups is 1. The average molecular weight is 466 g/mol. The van der Waals surface area contributed by atoms with Crippen LogP contribution in [-0.4, -0.2) is 45.7 Å². The molecule has 2 N–H and O–H groups in total. The van der Waals surface area contributed by atoms with Crippen molar-refractivity contribution in [2.75, 3.05) is 13.7 Å². The minimum absolute atomic E-state index is 0.236. The van der Waals surface area contributed by atoms with Gasteiger partial charge < -0.3 is 15.0 Å². The highest BCUT2D eigenvalue weighted by Gasteiger charge is 2.38. The number of carbonyl (C=O) groups is 2. The van der Waals surface area contributed by atoms with E-state index in [1.165, 1.54) is 16.7 Å². The molecular formula is C24H23N3O3S2. The van der Waals surface area contributed by atoms with Crippen molar-refractivity contribution in [3.8, 4) is 5.75 Å². The van der Waals surface area contributed by atoms with Crippen molar-refractivity contribution in [1.29, 1.82) is 0 Å². The number of aromatic amines is 1. The number of fused-ring (bicyclic) bond motifs is 1. The molecule has 1 saturated heterocycles. The fourth-order valence-corrected chi connectivity index (χ4v) is 5.07. The molecule has 4 rings (SSSR count). The molecule has 2 amide bonds. The van der Waals surface area contributed by atoms with Crippen molar-refractivity contribution in [3.05, 3.63) is 70.8 Å². The summed E-state index contributed by atoms with van der Waals surface area (Å²) >= 11 is 6.60. The molecule has 3 aromatic rings. The number of nitrogens with one attached hydrogen (secondary N) is 2. The van der Waals surface area contributed by atoms with Crippen LogP contribution in [0.2, 0.25) is 0 Å². The summed E-state index contributed by atoms with van der Waals surface area (Å²) < 4.78 is 5.72. The second kappa shape index (κ2) is 9.58. The Balaban J connectivity index is 1.40. The summed E-state index contributed by atoms with van der Waals surface area (Å²) in [6.07, 6.45) is 4.40. The fourth-order valence-electron chi connectivity index (χ4n) is 3.66. The van der Waals surface area contributed by atoms with Gasteiger partial charge in [0.15, 0.2) is 0 Å². The number of benzene rings is 2. The van der Waals surface area contributed by atoms with Crippen molar-refractivity contribution in [3.63, 3.8) is 0 Å². The van der Waals surface area contributed by atoms with Crippen LogP contribution < -0.4 is 10.1 Å². The van der Waals surface area contributed by atoms with Crippen LogP contribution in [0.4, 0.5) is 0 Å². The van der Waals surface area contributed by atoms with Gasteiger partial charge in [-0.3, -0.25) is 14.5 Å². The second-order valence-electron chi connectivity index (χ2n) is 7.37. The minimum Gasteiger partial charge on any atom is -0.496 e. The minimum atomic E-state index is -0.700. The van der Waals surface area contributed by atoms with Crippen LogP contribution in [-0.2, 0) is 16.0 Å². The molecule has 32 heavy (non-hydrogen) atoms. The first-order valence-corrected chi connectivity index (χ1v) is 11.4. The van der Waals surface area contributed by atoms with Crippen LogP contribution in [0.15, 0.2) is 59.6 Å². The zero-order valence-corrected chi connectivity index (χ0v) is 19.4. The van der Waals surface area contributed by atoms with Gasteiger partial charge in [-0.05, 0) is 37.1 Å². The molecule has 1 aliphatic rings. The molecule has 1 fully saturated rings. The zero-order valence-electron chi connectivity index (χ0n) is 17.8. The summed E-state index contributed by atoms with van der Waals surface area (Å²) in [5, 5.41) is 4.08. The normalized spacial score (nSPS) is 16.1. The Morgan fingerprint density at radius 1 is 1.25 bits per heavy atom. The van der Waals surface area contributed by atoms with E-state index in [1.807, 2.05) is 48.7 Å². The number of H-pyrrole nitrogens is 1. The number of rotatable bonds is 7. The summed E-state index contributed by atoms with van der Waals surface area (Å²) in [6.45, 7) is 2.16. The van der Waals surface area contributed by atoms with Crippen LogP contribution in [0.3, 0.4) is 0 Å². The molecule has 0 spiro atoms. The quantitative estimate of drug-likeness (QED) is 0.406. The maximum atomic E-state index is 13.0. The summed E-state index contributed by atoms with van der Waals surface area (Å²) in [6, 6.07) is 14.8. The van der Waals surface area contributed by atoms with E-state index in [0.29, 0.717) is 27.9 Å². The van der Waals surface area contributed by atoms with Gasteiger partial charge in [0, 0.05) is 29.2 Å². The van der Waals surface area contributed by atoms with Gasteiger partial charge in [0.25, 0.3) is 5.91 Å². The standard InChI is InChI=1S/C24H23N3O3S2/c1-15(22(28)25-12-11-17-14-26-19-9-5-4-8-18(17)19)27-23(29)21(32-24(27)31)13-16-7-3-6-10-20(16)30-2/h3-10,13-15,26H,11-12H2,1-2H3,(H,25,28)/b21-13-. The SMILES string of the molecule is COc1ccccc1/C=C1\SC(=S)N(C(C)C(=O)NCCc2c[nH]c3ccccc23)C1=O. The highest BCUT2D eigenvalue weighted by molar-refractivity contribution is 8.26. The lowest BCUT2D eigenvalue weighted by Gasteiger charge is -2.22. The molecule has 1 atom stereocenters. The van der Waals surface area contributed by atoms with Gasteiger partial charge in [-0.1, -0.05) is 60.4 Å². The summed E-state index contributed by atoms with van der Waals surface area (Å²) in [4.78, 5) is 30.8. The number of hydrogen-bond donors (Lipinski definition) is 2. The summed E-state index contributed by atoms with van der Waals surface area (Å²) in [7, 11) is 1.58. The number of methoxy groups -OCH3 is 1. The smallest absolute Gasteiger partial charge is 0.266 e. The van der Waals surface area contributed by atoms with E-state index in [-0.39, 0.29) is 11.8 Å². The molecule has 8 heteroatoms. The Kier molecular flexibility index (Phi) is 6.62. The number of thioether (sulfide) groups is 1. The van der Waals surface area contributed by atoms with Gasteiger partial charge >= 0.3 is 0 Å². The Morgan fingerprint density at radius 2 is 2.00 bits per heavy atom. The first-order chi connectivity index (χ1) is 15.5. The number of carbonyl (C=O) groups excluding carboxylic acids is 2. The maximum Gasteiger partial charge on any atom is 0.266 e. The van der Waals surface area contributed by atoms with Gasteiger partial charge in [0.2, 0.25) is 5.91 Å². The highest BCUT2D eigenvalue weighted by Crippen LogP contribution is 2.35. The van der Waals surface area contributed by atoms with Crippen LogP contribution in [0.25, 0.3) is 17.0 Å². The third-order valence-corrected chi connectivity index (χ3v) is 6.71. The molecule has 0 bridgehead atoms. The predicted molar refractivity (Wildman–Crippen MR) is 132 cm³/mol. The Morgan fingerprint density at radius 3 is 2.81 bits per heavy atom. The van der Waals surface area contributed by atoms with E-state index in [2.05, 4.69) is 16.4 Å². The largest absolute Gasteiger partial charge is 0.496 e.